The average molecular weight is 243 g/mol. The zero-order chi connectivity index (χ0) is 11.7. The fraction of sp³-hybridized carbons (Fsp3) is 0. The monoisotopic (exact) mass is 243 g/mol. The molecule has 5 nitrogen and oxygen atoms in total. The van der Waals surface area contributed by atoms with E-state index < -0.39 is 0 Å². The van der Waals surface area contributed by atoms with Gasteiger partial charge in [0.25, 0.3) is 0 Å². The standard InChI is InChI=1S/C11H9N5S/c12-8-3-1-2-7(4-8)9-5-17-11(15-9)10-13-6-14-16-10/h1-6H,12H2,(H,13,14,16). The van der Waals surface area contributed by atoms with Crippen molar-refractivity contribution in [3.05, 3.63) is 36.0 Å². The zero-order valence-corrected chi connectivity index (χ0v) is 9.61. The van der Waals surface area contributed by atoms with Gasteiger partial charge in [-0.2, -0.15) is 5.10 Å². The van der Waals surface area contributed by atoms with Crippen molar-refractivity contribution in [3.8, 4) is 22.1 Å². The lowest BCUT2D eigenvalue weighted by Gasteiger charge is -1.97. The zero-order valence-electron chi connectivity index (χ0n) is 8.79. The first-order valence-electron chi connectivity index (χ1n) is 5.00. The normalized spacial score (nSPS) is 10.6. The molecule has 0 amide bonds. The van der Waals surface area contributed by atoms with E-state index in [1.807, 2.05) is 29.6 Å². The minimum Gasteiger partial charge on any atom is -0.399 e. The van der Waals surface area contributed by atoms with Gasteiger partial charge in [-0.3, -0.25) is 5.10 Å². The Hall–Kier alpha value is -2.21. The van der Waals surface area contributed by atoms with Gasteiger partial charge in [-0.1, -0.05) is 12.1 Å². The lowest BCUT2D eigenvalue weighted by atomic mass is 10.1. The van der Waals surface area contributed by atoms with Gasteiger partial charge in [0, 0.05) is 16.6 Å². The number of thiazole rings is 1. The molecule has 0 unspecified atom stereocenters. The lowest BCUT2D eigenvalue weighted by molar-refractivity contribution is 1.09. The Balaban J connectivity index is 2.01. The largest absolute Gasteiger partial charge is 0.399 e. The van der Waals surface area contributed by atoms with Crippen molar-refractivity contribution in [2.45, 2.75) is 0 Å². The quantitative estimate of drug-likeness (QED) is 0.676. The molecule has 6 heteroatoms. The smallest absolute Gasteiger partial charge is 0.184 e. The third-order valence-corrected chi connectivity index (χ3v) is 3.15. The minimum atomic E-state index is 0.685. The summed E-state index contributed by atoms with van der Waals surface area (Å²) in [7, 11) is 0. The summed E-state index contributed by atoms with van der Waals surface area (Å²) in [4.78, 5) is 8.56. The molecule has 0 bridgehead atoms. The molecule has 2 aromatic heterocycles. The van der Waals surface area contributed by atoms with Gasteiger partial charge in [0.1, 0.15) is 6.33 Å². The average Bonchev–Trinajstić information content (AvgIpc) is 3.00. The predicted octanol–water partition coefficient (Wildman–Crippen LogP) is 2.18. The van der Waals surface area contributed by atoms with Gasteiger partial charge in [-0.25, -0.2) is 9.97 Å². The second-order valence-corrected chi connectivity index (χ2v) is 4.36. The first-order chi connectivity index (χ1) is 8.33. The summed E-state index contributed by atoms with van der Waals surface area (Å²) in [6, 6.07) is 7.65. The molecule has 0 aliphatic rings. The maximum Gasteiger partial charge on any atom is 0.184 e. The van der Waals surface area contributed by atoms with Crippen molar-refractivity contribution < 1.29 is 0 Å². The summed E-state index contributed by atoms with van der Waals surface area (Å²) < 4.78 is 0. The number of aromatic amines is 1. The van der Waals surface area contributed by atoms with Crippen LogP contribution in [0.3, 0.4) is 0 Å². The molecule has 1 aromatic carbocycles. The van der Waals surface area contributed by atoms with Crippen LogP contribution in [0.1, 0.15) is 0 Å². The van der Waals surface area contributed by atoms with Gasteiger partial charge < -0.3 is 5.73 Å². The third-order valence-electron chi connectivity index (χ3n) is 2.30. The molecule has 0 spiro atoms. The number of nitrogen functional groups attached to an aromatic ring is 1. The van der Waals surface area contributed by atoms with E-state index in [0.29, 0.717) is 5.82 Å². The van der Waals surface area contributed by atoms with Crippen LogP contribution in [0.5, 0.6) is 0 Å². The van der Waals surface area contributed by atoms with Crippen molar-refractivity contribution >= 4 is 17.0 Å². The van der Waals surface area contributed by atoms with Gasteiger partial charge in [0.05, 0.1) is 5.69 Å². The Morgan fingerprint density at radius 2 is 2.24 bits per heavy atom. The van der Waals surface area contributed by atoms with Crippen LogP contribution in [0.15, 0.2) is 36.0 Å². The number of nitrogens with zero attached hydrogens (tertiary/aromatic N) is 3. The number of benzene rings is 1. The summed E-state index contributed by atoms with van der Waals surface area (Å²) in [5.41, 5.74) is 8.38. The van der Waals surface area contributed by atoms with Crippen LogP contribution in [0.25, 0.3) is 22.1 Å². The van der Waals surface area contributed by atoms with Gasteiger partial charge in [0.2, 0.25) is 0 Å². The van der Waals surface area contributed by atoms with E-state index in [2.05, 4.69) is 20.2 Å². The van der Waals surface area contributed by atoms with E-state index in [1.165, 1.54) is 17.7 Å². The first-order valence-corrected chi connectivity index (χ1v) is 5.88. The van der Waals surface area contributed by atoms with Crippen LogP contribution >= 0.6 is 11.3 Å². The summed E-state index contributed by atoms with van der Waals surface area (Å²) in [5, 5.41) is 9.40. The molecule has 3 aromatic rings. The van der Waals surface area contributed by atoms with Gasteiger partial charge in [0.15, 0.2) is 10.8 Å². The van der Waals surface area contributed by atoms with E-state index in [1.54, 1.807) is 0 Å². The lowest BCUT2D eigenvalue weighted by Crippen LogP contribution is -1.85. The fourth-order valence-electron chi connectivity index (χ4n) is 1.52. The SMILES string of the molecule is Nc1cccc(-c2csc(-c3ncn[nH]3)n2)c1. The van der Waals surface area contributed by atoms with Crippen LogP contribution in [-0.2, 0) is 0 Å². The molecular weight excluding hydrogens is 234 g/mol. The summed E-state index contributed by atoms with van der Waals surface area (Å²) in [5.74, 6) is 0.685. The molecule has 0 atom stereocenters. The molecule has 0 aliphatic carbocycles. The maximum atomic E-state index is 5.74. The number of hydrogen-bond acceptors (Lipinski definition) is 5. The molecule has 0 saturated carbocycles. The van der Waals surface area contributed by atoms with Crippen molar-refractivity contribution in [3.63, 3.8) is 0 Å². The number of nitrogens with two attached hydrogens (primary N) is 1. The van der Waals surface area contributed by atoms with Crippen molar-refractivity contribution in [2.75, 3.05) is 5.73 Å². The fourth-order valence-corrected chi connectivity index (χ4v) is 2.29. The number of hydrogen-bond donors (Lipinski definition) is 2. The van der Waals surface area contributed by atoms with E-state index in [9.17, 15) is 0 Å². The van der Waals surface area contributed by atoms with Crippen molar-refractivity contribution in [2.24, 2.45) is 0 Å². The molecule has 17 heavy (non-hydrogen) atoms. The number of aromatic nitrogens is 4. The van der Waals surface area contributed by atoms with Crippen LogP contribution in [-0.4, -0.2) is 20.2 Å². The topological polar surface area (TPSA) is 80.5 Å². The number of H-pyrrole nitrogens is 1. The Kier molecular flexibility index (Phi) is 2.34. The van der Waals surface area contributed by atoms with E-state index in [0.717, 1.165) is 22.0 Å². The Morgan fingerprint density at radius 1 is 1.29 bits per heavy atom. The second-order valence-electron chi connectivity index (χ2n) is 3.50. The molecule has 84 valence electrons. The Morgan fingerprint density at radius 3 is 3.00 bits per heavy atom. The highest BCUT2D eigenvalue weighted by atomic mass is 32.1. The Labute approximate surface area is 101 Å². The van der Waals surface area contributed by atoms with E-state index >= 15 is 0 Å². The van der Waals surface area contributed by atoms with Crippen molar-refractivity contribution in [1.29, 1.82) is 0 Å². The highest BCUT2D eigenvalue weighted by Gasteiger charge is 2.08. The summed E-state index contributed by atoms with van der Waals surface area (Å²) in [6.45, 7) is 0. The van der Waals surface area contributed by atoms with Gasteiger partial charge in [-0.15, -0.1) is 11.3 Å². The van der Waals surface area contributed by atoms with Gasteiger partial charge >= 0.3 is 0 Å². The predicted molar refractivity (Wildman–Crippen MR) is 67.3 cm³/mol. The number of nitrogens with one attached hydrogen (secondary N) is 1. The van der Waals surface area contributed by atoms with Crippen LogP contribution in [0.2, 0.25) is 0 Å². The maximum absolute atomic E-state index is 5.74. The van der Waals surface area contributed by atoms with Gasteiger partial charge in [-0.05, 0) is 12.1 Å². The third kappa shape index (κ3) is 1.90. The molecule has 0 radical (unpaired) electrons. The van der Waals surface area contributed by atoms with E-state index in [-0.39, 0.29) is 0 Å². The molecule has 2 heterocycles. The highest BCUT2D eigenvalue weighted by molar-refractivity contribution is 7.13. The molecule has 0 fully saturated rings. The molecular formula is C11H9N5S. The summed E-state index contributed by atoms with van der Waals surface area (Å²) >= 11 is 1.52. The minimum absolute atomic E-state index is 0.685. The van der Waals surface area contributed by atoms with Crippen LogP contribution in [0.4, 0.5) is 5.69 Å². The number of anilines is 1. The molecule has 0 saturated heterocycles. The van der Waals surface area contributed by atoms with E-state index in [4.69, 9.17) is 5.73 Å². The highest BCUT2D eigenvalue weighted by Crippen LogP contribution is 2.27. The first kappa shape index (κ1) is 9.98. The molecule has 3 N–H and O–H groups in total. The molecule has 3 rings (SSSR count). The van der Waals surface area contributed by atoms with Crippen molar-refractivity contribution in [1.82, 2.24) is 20.2 Å². The second kappa shape index (κ2) is 3.99. The van der Waals surface area contributed by atoms with Crippen LogP contribution in [0, 0.1) is 0 Å². The number of rotatable bonds is 2. The summed E-state index contributed by atoms with van der Waals surface area (Å²) in [6.07, 6.45) is 1.47. The molecule has 0 aliphatic heterocycles. The Bertz CT molecular complexity index is 629. The van der Waals surface area contributed by atoms with Crippen LogP contribution < -0.4 is 5.73 Å².